The van der Waals surface area contributed by atoms with Crippen LogP contribution in [0.2, 0.25) is 0 Å². The van der Waals surface area contributed by atoms with Crippen molar-refractivity contribution in [3.8, 4) is 0 Å². The first-order valence-electron chi connectivity index (χ1n) is 14.8. The minimum absolute atomic E-state index is 0. The number of nitrogens with one attached hydrogen (secondary N) is 1. The number of fused-ring (bicyclic) bond motifs is 1. The maximum atomic E-state index is 11.1. The SMILES string of the molecule is CC.CC/C=C(/CCCCCCCCC)Cc1ccccc1.CN.O=C1Cc2cc(C3=CC=C3)ccc2N1.[HH]. The normalized spacial score (nSPS) is 12.8. The number of benzene rings is 2. The van der Waals surface area contributed by atoms with Gasteiger partial charge >= 0.3 is 0 Å². The largest absolute Gasteiger partial charge is 0.333 e. The fourth-order valence-corrected chi connectivity index (χ4v) is 4.51. The molecule has 0 unspecified atom stereocenters. The second-order valence-electron chi connectivity index (χ2n) is 9.38. The summed E-state index contributed by atoms with van der Waals surface area (Å²) in [6.07, 6.45) is 22.5. The minimum atomic E-state index is 0. The van der Waals surface area contributed by atoms with Crippen LogP contribution in [0.3, 0.4) is 0 Å². The zero-order valence-corrected chi connectivity index (χ0v) is 24.7. The summed E-state index contributed by atoms with van der Waals surface area (Å²) >= 11 is 0. The van der Waals surface area contributed by atoms with Gasteiger partial charge in [-0.25, -0.2) is 0 Å². The summed E-state index contributed by atoms with van der Waals surface area (Å²) in [6, 6.07) is 17.0. The first-order chi connectivity index (χ1) is 18.7. The third-order valence-electron chi connectivity index (χ3n) is 6.48. The van der Waals surface area contributed by atoms with Crippen LogP contribution in [0.1, 0.15) is 104 Å². The van der Waals surface area contributed by atoms with Crippen molar-refractivity contribution >= 4 is 17.2 Å². The first kappa shape index (κ1) is 33.1. The number of nitrogens with two attached hydrogens (primary N) is 1. The number of amides is 1. The Morgan fingerprint density at radius 2 is 1.61 bits per heavy atom. The molecule has 2 aromatic carbocycles. The van der Waals surface area contributed by atoms with Gasteiger partial charge in [0.2, 0.25) is 5.91 Å². The molecule has 4 rings (SSSR count). The van der Waals surface area contributed by atoms with Crippen LogP contribution in [0.5, 0.6) is 0 Å². The molecule has 3 N–H and O–H groups in total. The molecule has 0 saturated carbocycles. The fraction of sp³-hybridized carbons (Fsp3) is 0.457. The summed E-state index contributed by atoms with van der Waals surface area (Å²) < 4.78 is 0. The van der Waals surface area contributed by atoms with E-state index in [-0.39, 0.29) is 7.33 Å². The molecule has 0 saturated heterocycles. The average Bonchev–Trinajstić information content (AvgIpc) is 3.30. The molecular weight excluding hydrogens is 464 g/mol. The molecule has 1 heterocycles. The summed E-state index contributed by atoms with van der Waals surface area (Å²) in [5, 5.41) is 2.82. The van der Waals surface area contributed by atoms with Crippen molar-refractivity contribution in [2.24, 2.45) is 5.73 Å². The van der Waals surface area contributed by atoms with Crippen molar-refractivity contribution in [3.05, 3.63) is 95.1 Å². The van der Waals surface area contributed by atoms with Crippen molar-refractivity contribution in [1.82, 2.24) is 0 Å². The van der Waals surface area contributed by atoms with Gasteiger partial charge in [0.25, 0.3) is 0 Å². The number of anilines is 1. The highest BCUT2D eigenvalue weighted by Gasteiger charge is 2.18. The van der Waals surface area contributed by atoms with E-state index in [2.05, 4.69) is 79.5 Å². The Morgan fingerprint density at radius 1 is 0.947 bits per heavy atom. The Bertz CT molecular complexity index is 1010. The number of carbonyl (C=O) groups excluding carboxylic acids is 1. The second kappa shape index (κ2) is 21.1. The van der Waals surface area contributed by atoms with E-state index in [0.29, 0.717) is 6.42 Å². The van der Waals surface area contributed by atoms with Crippen LogP contribution in [0, 0.1) is 0 Å². The first-order valence-corrected chi connectivity index (χ1v) is 14.8. The number of carbonyl (C=O) groups is 1. The van der Waals surface area contributed by atoms with Crippen LogP contribution in [-0.2, 0) is 17.6 Å². The van der Waals surface area contributed by atoms with Crippen LogP contribution < -0.4 is 11.1 Å². The molecule has 0 aromatic heterocycles. The molecule has 210 valence electrons. The molecule has 0 atom stereocenters. The van der Waals surface area contributed by atoms with E-state index >= 15 is 0 Å². The van der Waals surface area contributed by atoms with E-state index in [1.165, 1.54) is 81.5 Å². The third kappa shape index (κ3) is 12.6. The summed E-state index contributed by atoms with van der Waals surface area (Å²) in [5.41, 5.74) is 12.1. The molecule has 0 bridgehead atoms. The molecule has 1 aliphatic carbocycles. The predicted octanol–water partition coefficient (Wildman–Crippen LogP) is 9.69. The zero-order chi connectivity index (χ0) is 28.0. The minimum Gasteiger partial charge on any atom is -0.333 e. The maximum absolute atomic E-state index is 11.1. The van der Waals surface area contributed by atoms with E-state index in [4.69, 9.17) is 0 Å². The Morgan fingerprint density at radius 3 is 2.21 bits per heavy atom. The van der Waals surface area contributed by atoms with Crippen LogP contribution in [0.25, 0.3) is 5.57 Å². The summed E-state index contributed by atoms with van der Waals surface area (Å²) in [4.78, 5) is 11.1. The monoisotopic (exact) mass is 518 g/mol. The lowest BCUT2D eigenvalue weighted by atomic mass is 9.97. The van der Waals surface area contributed by atoms with Gasteiger partial charge < -0.3 is 11.1 Å². The molecule has 1 amide bonds. The number of hydrogen-bond acceptors (Lipinski definition) is 2. The van der Waals surface area contributed by atoms with Crippen molar-refractivity contribution in [2.75, 3.05) is 12.4 Å². The van der Waals surface area contributed by atoms with Gasteiger partial charge in [-0.1, -0.05) is 132 Å². The highest BCUT2D eigenvalue weighted by molar-refractivity contribution is 5.99. The molecule has 1 aliphatic heterocycles. The van der Waals surface area contributed by atoms with Crippen molar-refractivity contribution in [3.63, 3.8) is 0 Å². The Labute approximate surface area is 234 Å². The Hall–Kier alpha value is -2.91. The molecule has 0 spiro atoms. The van der Waals surface area contributed by atoms with E-state index in [1.807, 2.05) is 32.1 Å². The average molecular weight is 519 g/mol. The zero-order valence-electron chi connectivity index (χ0n) is 24.7. The van der Waals surface area contributed by atoms with Crippen molar-refractivity contribution in [2.45, 2.75) is 98.3 Å². The van der Waals surface area contributed by atoms with E-state index in [1.54, 1.807) is 5.57 Å². The van der Waals surface area contributed by atoms with E-state index in [9.17, 15) is 4.79 Å². The van der Waals surface area contributed by atoms with Crippen LogP contribution >= 0.6 is 0 Å². The molecule has 2 aromatic rings. The van der Waals surface area contributed by atoms with Crippen LogP contribution in [-0.4, -0.2) is 13.0 Å². The molecule has 0 fully saturated rings. The van der Waals surface area contributed by atoms with Crippen LogP contribution in [0.15, 0.2) is 78.4 Å². The molecule has 3 heteroatoms. The lowest BCUT2D eigenvalue weighted by molar-refractivity contribution is -0.115. The Balaban J connectivity index is 0.000000664. The lowest BCUT2D eigenvalue weighted by Gasteiger charge is -2.08. The van der Waals surface area contributed by atoms with Gasteiger partial charge in [-0.15, -0.1) is 0 Å². The summed E-state index contributed by atoms with van der Waals surface area (Å²) in [7, 11) is 1.50. The fourth-order valence-electron chi connectivity index (χ4n) is 4.51. The number of allylic oxidation sites excluding steroid dienone is 6. The number of hydrogen-bond donors (Lipinski definition) is 2. The van der Waals surface area contributed by atoms with Gasteiger partial charge in [-0.3, -0.25) is 4.79 Å². The predicted molar refractivity (Wildman–Crippen MR) is 171 cm³/mol. The highest BCUT2D eigenvalue weighted by Crippen LogP contribution is 2.29. The van der Waals surface area contributed by atoms with Gasteiger partial charge in [0, 0.05) is 7.11 Å². The summed E-state index contributed by atoms with van der Waals surface area (Å²) in [6.45, 7) is 8.53. The van der Waals surface area contributed by atoms with Gasteiger partial charge in [0.15, 0.2) is 0 Å². The highest BCUT2D eigenvalue weighted by atomic mass is 16.1. The molecule has 0 radical (unpaired) electrons. The van der Waals surface area contributed by atoms with E-state index < -0.39 is 0 Å². The van der Waals surface area contributed by atoms with Gasteiger partial charge in [0.1, 0.15) is 0 Å². The second-order valence-corrected chi connectivity index (χ2v) is 9.38. The van der Waals surface area contributed by atoms with E-state index in [0.717, 1.165) is 17.7 Å². The molecular formula is C35H54N2O. The standard InChI is InChI=1S/C20H32.C12H9NO.C2H6.CH5N.H2/c1-3-5-6-7-8-9-11-15-19(14-4-2)18-20-16-12-10-13-17-20;14-12-7-10-6-9(8-2-1-3-8)4-5-11(10)13-12;2*1-2;/h10,12-14,16-17H,3-9,11,15,18H2,1-2H3;1-6H,7H2,(H,13,14);1-2H3;2H2,1H3;1H/b19-14-;;;;. The quantitative estimate of drug-likeness (QED) is 0.217. The number of rotatable bonds is 12. The van der Waals surface area contributed by atoms with Crippen molar-refractivity contribution < 1.29 is 6.22 Å². The molecule has 2 aliphatic rings. The summed E-state index contributed by atoms with van der Waals surface area (Å²) in [5.74, 6) is 0.0929. The Kier molecular flexibility index (Phi) is 18.4. The topological polar surface area (TPSA) is 55.1 Å². The molecule has 3 nitrogen and oxygen atoms in total. The van der Waals surface area contributed by atoms with Gasteiger partial charge in [-0.05, 0) is 67.1 Å². The molecule has 38 heavy (non-hydrogen) atoms. The third-order valence-corrected chi connectivity index (χ3v) is 6.48. The van der Waals surface area contributed by atoms with Crippen LogP contribution in [0.4, 0.5) is 5.69 Å². The lowest BCUT2D eigenvalue weighted by Crippen LogP contribution is -2.03. The van der Waals surface area contributed by atoms with Gasteiger partial charge in [-0.2, -0.15) is 0 Å². The maximum Gasteiger partial charge on any atom is 0.228 e. The smallest absolute Gasteiger partial charge is 0.228 e. The number of unbranched alkanes of at least 4 members (excludes halogenated alkanes) is 6. The van der Waals surface area contributed by atoms with Crippen molar-refractivity contribution in [1.29, 1.82) is 0 Å². The van der Waals surface area contributed by atoms with Gasteiger partial charge in [0.05, 0.1) is 6.42 Å².